The van der Waals surface area contributed by atoms with Crippen molar-refractivity contribution in [3.63, 3.8) is 0 Å². The molecule has 0 bridgehead atoms. The molecule has 0 aromatic carbocycles. The average molecular weight is 288 g/mol. The molecule has 2 aromatic rings. The van der Waals surface area contributed by atoms with Gasteiger partial charge in [0, 0.05) is 31.5 Å². The van der Waals surface area contributed by atoms with Gasteiger partial charge < -0.3 is 10.2 Å². The molecule has 7 heteroatoms. The Labute approximate surface area is 121 Å². The molecule has 1 N–H and O–H groups in total. The lowest BCUT2D eigenvalue weighted by Gasteiger charge is -2.39. The normalized spacial score (nSPS) is 18.9. The first-order valence-corrected chi connectivity index (χ1v) is 7.85. The van der Waals surface area contributed by atoms with Crippen LogP contribution in [0.4, 0.5) is 10.9 Å². The zero-order valence-electron chi connectivity index (χ0n) is 11.1. The average Bonchev–Trinajstić information content (AvgIpc) is 3.15. The lowest BCUT2D eigenvalue weighted by Crippen LogP contribution is -2.50. The van der Waals surface area contributed by atoms with Crippen molar-refractivity contribution in [1.29, 1.82) is 0 Å². The van der Waals surface area contributed by atoms with Crippen molar-refractivity contribution in [3.8, 4) is 0 Å². The van der Waals surface area contributed by atoms with E-state index in [2.05, 4.69) is 42.7 Å². The summed E-state index contributed by atoms with van der Waals surface area (Å²) in [6.45, 7) is 3.01. The SMILES string of the molecule is c1nnc(NCC2CN(c3ccc(C4CC4)nn3)C2)s1. The lowest BCUT2D eigenvalue weighted by molar-refractivity contribution is 0.425. The van der Waals surface area contributed by atoms with Crippen molar-refractivity contribution in [3.05, 3.63) is 23.3 Å². The molecule has 1 aliphatic heterocycles. The lowest BCUT2D eigenvalue weighted by atomic mass is 10.0. The first-order valence-electron chi connectivity index (χ1n) is 6.97. The van der Waals surface area contributed by atoms with Gasteiger partial charge in [-0.25, -0.2) is 0 Å². The standard InChI is InChI=1S/C13H16N6S/c1-2-10(1)11-3-4-12(17-16-11)19-6-9(7-19)5-14-13-18-15-8-20-13/h3-4,8-10H,1-2,5-7H2,(H,14,18). The minimum atomic E-state index is 0.642. The van der Waals surface area contributed by atoms with E-state index in [9.17, 15) is 0 Å². The Bertz CT molecular complexity index is 559. The van der Waals surface area contributed by atoms with E-state index in [1.165, 1.54) is 24.2 Å². The van der Waals surface area contributed by atoms with Crippen LogP contribution in [0.2, 0.25) is 0 Å². The van der Waals surface area contributed by atoms with E-state index >= 15 is 0 Å². The summed E-state index contributed by atoms with van der Waals surface area (Å²) in [6.07, 6.45) is 2.55. The molecular weight excluding hydrogens is 272 g/mol. The summed E-state index contributed by atoms with van der Waals surface area (Å²) in [5.41, 5.74) is 2.90. The Morgan fingerprint density at radius 3 is 2.75 bits per heavy atom. The van der Waals surface area contributed by atoms with Crippen LogP contribution in [0.5, 0.6) is 0 Å². The van der Waals surface area contributed by atoms with Gasteiger partial charge in [0.15, 0.2) is 5.82 Å². The first-order chi connectivity index (χ1) is 9.88. The fraction of sp³-hybridized carbons (Fsp3) is 0.538. The highest BCUT2D eigenvalue weighted by molar-refractivity contribution is 7.13. The number of anilines is 2. The third kappa shape index (κ3) is 2.45. The molecule has 3 heterocycles. The number of nitrogens with zero attached hydrogens (tertiary/aromatic N) is 5. The second-order valence-corrected chi connectivity index (χ2v) is 6.32. The van der Waals surface area contributed by atoms with Crippen molar-refractivity contribution in [2.24, 2.45) is 5.92 Å². The van der Waals surface area contributed by atoms with Crippen molar-refractivity contribution >= 4 is 22.3 Å². The maximum absolute atomic E-state index is 4.34. The fourth-order valence-electron chi connectivity index (χ4n) is 2.47. The van der Waals surface area contributed by atoms with E-state index in [1.54, 1.807) is 5.51 Å². The monoisotopic (exact) mass is 288 g/mol. The quantitative estimate of drug-likeness (QED) is 0.904. The Morgan fingerprint density at radius 2 is 2.10 bits per heavy atom. The van der Waals surface area contributed by atoms with Crippen LogP contribution in [0.1, 0.15) is 24.5 Å². The van der Waals surface area contributed by atoms with Crippen LogP contribution in [-0.4, -0.2) is 40.0 Å². The summed E-state index contributed by atoms with van der Waals surface area (Å²) in [5.74, 6) is 2.32. The van der Waals surface area contributed by atoms with E-state index in [0.29, 0.717) is 11.8 Å². The Kier molecular flexibility index (Phi) is 2.99. The van der Waals surface area contributed by atoms with Gasteiger partial charge in [-0.15, -0.1) is 15.3 Å². The highest BCUT2D eigenvalue weighted by Crippen LogP contribution is 2.38. The number of hydrogen-bond acceptors (Lipinski definition) is 7. The molecule has 0 atom stereocenters. The maximum atomic E-state index is 4.34. The molecule has 0 unspecified atom stereocenters. The van der Waals surface area contributed by atoms with Crippen molar-refractivity contribution < 1.29 is 0 Å². The summed E-state index contributed by atoms with van der Waals surface area (Å²) in [4.78, 5) is 2.27. The van der Waals surface area contributed by atoms with E-state index < -0.39 is 0 Å². The van der Waals surface area contributed by atoms with Gasteiger partial charge in [0.25, 0.3) is 0 Å². The number of hydrogen-bond donors (Lipinski definition) is 1. The van der Waals surface area contributed by atoms with Gasteiger partial charge in [-0.05, 0) is 25.0 Å². The van der Waals surface area contributed by atoms with Gasteiger partial charge in [0.1, 0.15) is 5.51 Å². The predicted molar refractivity (Wildman–Crippen MR) is 78.1 cm³/mol. The Balaban J connectivity index is 1.27. The van der Waals surface area contributed by atoms with Crippen molar-refractivity contribution in [2.45, 2.75) is 18.8 Å². The van der Waals surface area contributed by atoms with Crippen LogP contribution < -0.4 is 10.2 Å². The number of rotatable bonds is 5. The van der Waals surface area contributed by atoms with Crippen LogP contribution >= 0.6 is 11.3 Å². The highest BCUT2D eigenvalue weighted by atomic mass is 32.1. The molecule has 2 aromatic heterocycles. The van der Waals surface area contributed by atoms with E-state index in [4.69, 9.17) is 0 Å². The Hall–Kier alpha value is -1.76. The summed E-state index contributed by atoms with van der Waals surface area (Å²) in [5, 5.41) is 20.7. The van der Waals surface area contributed by atoms with Crippen molar-refractivity contribution in [1.82, 2.24) is 20.4 Å². The fourth-order valence-corrected chi connectivity index (χ4v) is 2.92. The molecule has 1 saturated carbocycles. The molecule has 0 radical (unpaired) electrons. The zero-order chi connectivity index (χ0) is 13.4. The molecule has 4 rings (SSSR count). The van der Waals surface area contributed by atoms with Gasteiger partial charge in [-0.1, -0.05) is 11.3 Å². The van der Waals surface area contributed by atoms with E-state index in [0.717, 1.165) is 36.3 Å². The van der Waals surface area contributed by atoms with Crippen LogP contribution in [-0.2, 0) is 0 Å². The molecule has 1 saturated heterocycles. The largest absolute Gasteiger partial charge is 0.360 e. The second-order valence-electron chi connectivity index (χ2n) is 5.49. The van der Waals surface area contributed by atoms with E-state index in [-0.39, 0.29) is 0 Å². The molecule has 2 aliphatic rings. The van der Waals surface area contributed by atoms with Gasteiger partial charge in [0.05, 0.1) is 5.69 Å². The molecule has 104 valence electrons. The van der Waals surface area contributed by atoms with Crippen LogP contribution in [0.15, 0.2) is 17.6 Å². The molecule has 20 heavy (non-hydrogen) atoms. The van der Waals surface area contributed by atoms with Crippen LogP contribution in [0.3, 0.4) is 0 Å². The third-order valence-electron chi connectivity index (χ3n) is 3.85. The topological polar surface area (TPSA) is 66.8 Å². The zero-order valence-corrected chi connectivity index (χ0v) is 11.9. The minimum Gasteiger partial charge on any atom is -0.360 e. The van der Waals surface area contributed by atoms with Crippen LogP contribution in [0, 0.1) is 5.92 Å². The smallest absolute Gasteiger partial charge is 0.205 e. The van der Waals surface area contributed by atoms with Gasteiger partial charge in [-0.2, -0.15) is 5.10 Å². The summed E-state index contributed by atoms with van der Waals surface area (Å²) < 4.78 is 0. The molecule has 0 spiro atoms. The summed E-state index contributed by atoms with van der Waals surface area (Å²) >= 11 is 1.54. The van der Waals surface area contributed by atoms with Gasteiger partial charge in [0.2, 0.25) is 5.13 Å². The van der Waals surface area contributed by atoms with Crippen LogP contribution in [0.25, 0.3) is 0 Å². The third-order valence-corrected chi connectivity index (χ3v) is 4.50. The summed E-state index contributed by atoms with van der Waals surface area (Å²) in [6, 6.07) is 4.24. The minimum absolute atomic E-state index is 0.642. The number of aromatic nitrogens is 4. The first kappa shape index (κ1) is 12.0. The van der Waals surface area contributed by atoms with E-state index in [1.807, 2.05) is 0 Å². The van der Waals surface area contributed by atoms with Gasteiger partial charge >= 0.3 is 0 Å². The molecule has 1 aliphatic carbocycles. The molecular formula is C13H16N6S. The molecule has 6 nitrogen and oxygen atoms in total. The molecule has 2 fully saturated rings. The predicted octanol–water partition coefficient (Wildman–Crippen LogP) is 1.75. The van der Waals surface area contributed by atoms with Gasteiger partial charge in [-0.3, -0.25) is 0 Å². The number of nitrogens with one attached hydrogen (secondary N) is 1. The maximum Gasteiger partial charge on any atom is 0.205 e. The Morgan fingerprint density at radius 1 is 1.20 bits per heavy atom. The highest BCUT2D eigenvalue weighted by Gasteiger charge is 2.29. The summed E-state index contributed by atoms with van der Waals surface area (Å²) in [7, 11) is 0. The molecule has 0 amide bonds. The van der Waals surface area contributed by atoms with Crippen molar-refractivity contribution in [2.75, 3.05) is 29.9 Å². The second kappa shape index (κ2) is 4.97.